The number of hydrogen-bond acceptors (Lipinski definition) is 5. The molecule has 0 fully saturated rings. The second kappa shape index (κ2) is 8.81. The number of pyridine rings is 1. The summed E-state index contributed by atoms with van der Waals surface area (Å²) in [6.07, 6.45) is 4.75. The van der Waals surface area contributed by atoms with E-state index in [2.05, 4.69) is 54.4 Å². The summed E-state index contributed by atoms with van der Waals surface area (Å²) in [5, 5.41) is 15.8. The van der Waals surface area contributed by atoms with Crippen LogP contribution in [0.3, 0.4) is 0 Å². The minimum Gasteiger partial charge on any atom is -0.337 e. The van der Waals surface area contributed by atoms with E-state index < -0.39 is 0 Å². The lowest BCUT2D eigenvalue weighted by atomic mass is 10.0. The molecular formula is C27H22N6OS. The quantitative estimate of drug-likeness (QED) is 0.250. The highest BCUT2D eigenvalue weighted by Crippen LogP contribution is 2.34. The van der Waals surface area contributed by atoms with Gasteiger partial charge in [-0.1, -0.05) is 25.1 Å². The Kier molecular flexibility index (Phi) is 5.35. The molecule has 172 valence electrons. The first-order valence-electron chi connectivity index (χ1n) is 11.4. The van der Waals surface area contributed by atoms with Crippen LogP contribution in [0.1, 0.15) is 19.8 Å². The van der Waals surface area contributed by atoms with Crippen molar-refractivity contribution in [2.45, 2.75) is 19.8 Å². The van der Waals surface area contributed by atoms with Crippen molar-refractivity contribution in [1.29, 1.82) is 0 Å². The Labute approximate surface area is 205 Å². The van der Waals surface area contributed by atoms with Crippen molar-refractivity contribution in [1.82, 2.24) is 25.1 Å². The number of carbonyl (C=O) groups is 1. The molecule has 0 saturated carbocycles. The molecule has 7 nitrogen and oxygen atoms in total. The molecule has 0 spiro atoms. The van der Waals surface area contributed by atoms with Crippen molar-refractivity contribution in [3.8, 4) is 33.8 Å². The van der Waals surface area contributed by atoms with E-state index in [9.17, 15) is 4.79 Å². The van der Waals surface area contributed by atoms with Crippen LogP contribution in [0.25, 0.3) is 55.7 Å². The van der Waals surface area contributed by atoms with E-state index in [0.717, 1.165) is 56.3 Å². The molecule has 0 atom stereocenters. The fourth-order valence-corrected chi connectivity index (χ4v) is 4.94. The van der Waals surface area contributed by atoms with Crippen molar-refractivity contribution < 1.29 is 4.79 Å². The zero-order chi connectivity index (χ0) is 23.8. The summed E-state index contributed by atoms with van der Waals surface area (Å²) >= 11 is 1.67. The van der Waals surface area contributed by atoms with Gasteiger partial charge >= 0.3 is 0 Å². The van der Waals surface area contributed by atoms with E-state index in [1.54, 1.807) is 23.7 Å². The molecule has 0 saturated heterocycles. The average Bonchev–Trinajstić information content (AvgIpc) is 3.63. The smallest absolute Gasteiger partial charge is 0.224 e. The van der Waals surface area contributed by atoms with Gasteiger partial charge in [0.05, 0.1) is 28.4 Å². The number of thiophene rings is 1. The maximum atomic E-state index is 12.0. The molecule has 3 N–H and O–H groups in total. The number of hydrogen-bond donors (Lipinski definition) is 3. The lowest BCUT2D eigenvalue weighted by molar-refractivity contribution is -0.116. The number of amides is 1. The fraction of sp³-hybridized carbons (Fsp3) is 0.111. The first-order chi connectivity index (χ1) is 17.2. The minimum absolute atomic E-state index is 0.00858. The maximum Gasteiger partial charge on any atom is 0.224 e. The van der Waals surface area contributed by atoms with E-state index in [4.69, 9.17) is 4.98 Å². The number of imidazole rings is 1. The number of fused-ring (bicyclic) bond motifs is 2. The number of anilines is 1. The molecule has 0 bridgehead atoms. The topological polar surface area (TPSA) is 99.3 Å². The van der Waals surface area contributed by atoms with Gasteiger partial charge in [0, 0.05) is 29.1 Å². The van der Waals surface area contributed by atoms with Crippen molar-refractivity contribution in [2.24, 2.45) is 0 Å². The molecule has 6 aromatic rings. The summed E-state index contributed by atoms with van der Waals surface area (Å²) in [6.45, 7) is 1.98. The summed E-state index contributed by atoms with van der Waals surface area (Å²) in [7, 11) is 0. The Morgan fingerprint density at radius 1 is 1.03 bits per heavy atom. The van der Waals surface area contributed by atoms with Crippen LogP contribution in [0.15, 0.2) is 71.7 Å². The van der Waals surface area contributed by atoms with Gasteiger partial charge in [-0.15, -0.1) is 0 Å². The van der Waals surface area contributed by atoms with Crippen LogP contribution in [0.4, 0.5) is 5.69 Å². The van der Waals surface area contributed by atoms with Crippen LogP contribution >= 0.6 is 11.3 Å². The number of benzene rings is 2. The Hall–Kier alpha value is -4.30. The van der Waals surface area contributed by atoms with Crippen LogP contribution in [0.5, 0.6) is 0 Å². The third kappa shape index (κ3) is 3.98. The van der Waals surface area contributed by atoms with Crippen LogP contribution in [0.2, 0.25) is 0 Å². The Bertz CT molecular complexity index is 1660. The molecule has 2 aromatic carbocycles. The normalized spacial score (nSPS) is 11.3. The van der Waals surface area contributed by atoms with Gasteiger partial charge in [-0.25, -0.2) is 4.98 Å². The van der Waals surface area contributed by atoms with Gasteiger partial charge in [0.25, 0.3) is 0 Å². The predicted octanol–water partition coefficient (Wildman–Crippen LogP) is 6.64. The van der Waals surface area contributed by atoms with E-state index in [0.29, 0.717) is 17.9 Å². The van der Waals surface area contributed by atoms with E-state index in [1.165, 1.54) is 0 Å². The molecule has 8 heteroatoms. The molecule has 0 aliphatic heterocycles. The average molecular weight is 479 g/mol. The molecular weight excluding hydrogens is 456 g/mol. The van der Waals surface area contributed by atoms with Crippen LogP contribution < -0.4 is 5.32 Å². The third-order valence-corrected chi connectivity index (χ3v) is 6.65. The second-order valence-electron chi connectivity index (χ2n) is 8.39. The molecule has 0 unspecified atom stereocenters. The summed E-state index contributed by atoms with van der Waals surface area (Å²) in [5.41, 5.74) is 8.41. The molecule has 0 radical (unpaired) electrons. The number of carbonyl (C=O) groups excluding carboxylic acids is 1. The standard InChI is InChI=1S/C27H22N6OS/c1-2-4-24(34)29-19-11-18(13-28-14-19)16-7-8-22-21(12-16)26(33-32-22)27-30-23-6-3-5-20(25(23)31-27)17-9-10-35-15-17/h3,5-15H,2,4H2,1H3,(H,29,34)(H,30,31)(H,32,33). The number of nitrogens with one attached hydrogen (secondary N) is 3. The molecule has 35 heavy (non-hydrogen) atoms. The Morgan fingerprint density at radius 2 is 1.97 bits per heavy atom. The van der Waals surface area contributed by atoms with Gasteiger partial charge in [0.1, 0.15) is 5.69 Å². The number of rotatable bonds is 6. The summed E-state index contributed by atoms with van der Waals surface area (Å²) in [4.78, 5) is 24.7. The first kappa shape index (κ1) is 21.2. The van der Waals surface area contributed by atoms with Crippen molar-refractivity contribution in [3.05, 3.63) is 71.7 Å². The fourth-order valence-electron chi connectivity index (χ4n) is 4.29. The molecule has 4 aromatic heterocycles. The van der Waals surface area contributed by atoms with E-state index >= 15 is 0 Å². The number of nitrogens with zero attached hydrogens (tertiary/aromatic N) is 3. The zero-order valence-electron chi connectivity index (χ0n) is 19.0. The van der Waals surface area contributed by atoms with Crippen molar-refractivity contribution in [2.75, 3.05) is 5.32 Å². The molecule has 4 heterocycles. The van der Waals surface area contributed by atoms with Crippen molar-refractivity contribution in [3.63, 3.8) is 0 Å². The Morgan fingerprint density at radius 3 is 2.83 bits per heavy atom. The number of aromatic nitrogens is 5. The minimum atomic E-state index is -0.00858. The number of para-hydroxylation sites is 1. The van der Waals surface area contributed by atoms with E-state index in [1.807, 2.05) is 37.3 Å². The molecule has 0 aliphatic carbocycles. The highest BCUT2D eigenvalue weighted by atomic mass is 32.1. The lowest BCUT2D eigenvalue weighted by Crippen LogP contribution is -2.10. The Balaban J connectivity index is 1.40. The van der Waals surface area contributed by atoms with Crippen LogP contribution in [-0.2, 0) is 4.79 Å². The second-order valence-corrected chi connectivity index (χ2v) is 9.17. The highest BCUT2D eigenvalue weighted by molar-refractivity contribution is 7.08. The molecule has 0 aliphatic rings. The summed E-state index contributed by atoms with van der Waals surface area (Å²) in [6, 6.07) is 16.3. The maximum absolute atomic E-state index is 12.0. The lowest BCUT2D eigenvalue weighted by Gasteiger charge is -2.07. The number of H-pyrrole nitrogens is 2. The summed E-state index contributed by atoms with van der Waals surface area (Å²) < 4.78 is 0. The van der Waals surface area contributed by atoms with Crippen molar-refractivity contribution >= 4 is 44.9 Å². The van der Waals surface area contributed by atoms with Gasteiger partial charge in [-0.3, -0.25) is 14.9 Å². The van der Waals surface area contributed by atoms with Crippen LogP contribution in [-0.4, -0.2) is 31.1 Å². The monoisotopic (exact) mass is 478 g/mol. The third-order valence-electron chi connectivity index (χ3n) is 5.96. The van der Waals surface area contributed by atoms with Gasteiger partial charge in [0.2, 0.25) is 5.91 Å². The van der Waals surface area contributed by atoms with E-state index in [-0.39, 0.29) is 5.91 Å². The van der Waals surface area contributed by atoms with Gasteiger partial charge in [-0.05, 0) is 58.6 Å². The van der Waals surface area contributed by atoms with Gasteiger partial charge in [-0.2, -0.15) is 16.4 Å². The zero-order valence-corrected chi connectivity index (χ0v) is 19.8. The first-order valence-corrected chi connectivity index (χ1v) is 12.4. The highest BCUT2D eigenvalue weighted by Gasteiger charge is 2.16. The molecule has 6 rings (SSSR count). The largest absolute Gasteiger partial charge is 0.337 e. The van der Waals surface area contributed by atoms with Gasteiger partial charge in [0.15, 0.2) is 5.82 Å². The van der Waals surface area contributed by atoms with Crippen LogP contribution in [0, 0.1) is 0 Å². The van der Waals surface area contributed by atoms with Gasteiger partial charge < -0.3 is 10.3 Å². The summed E-state index contributed by atoms with van der Waals surface area (Å²) in [5.74, 6) is 0.704. The predicted molar refractivity (Wildman–Crippen MR) is 141 cm³/mol. The molecule has 1 amide bonds. The SMILES string of the molecule is CCCC(=O)Nc1cncc(-c2ccc3[nH]nc(-c4nc5c(-c6ccsc6)cccc5[nH]4)c3c2)c1. The number of aromatic amines is 2.